The van der Waals surface area contributed by atoms with Gasteiger partial charge in [0, 0.05) is 35.8 Å². The molecule has 144 valence electrons. The highest BCUT2D eigenvalue weighted by molar-refractivity contribution is 8.14. The number of piperidine rings is 1. The van der Waals surface area contributed by atoms with E-state index in [0.717, 1.165) is 70.7 Å². The lowest BCUT2D eigenvalue weighted by molar-refractivity contribution is 0.258. The number of hydrogen-bond donors (Lipinski definition) is 2. The van der Waals surface area contributed by atoms with Gasteiger partial charge in [0.2, 0.25) is 0 Å². The van der Waals surface area contributed by atoms with Crippen LogP contribution in [0.4, 0.5) is 5.82 Å². The van der Waals surface area contributed by atoms with Crippen LogP contribution in [0.5, 0.6) is 0 Å². The smallest absolute Gasteiger partial charge is 0.147 e. The van der Waals surface area contributed by atoms with Crippen molar-refractivity contribution in [1.82, 2.24) is 19.9 Å². The molecule has 0 spiro atoms. The Morgan fingerprint density at radius 1 is 1.25 bits per heavy atom. The zero-order chi connectivity index (χ0) is 19.1. The zero-order valence-corrected chi connectivity index (χ0v) is 16.7. The third-order valence-electron chi connectivity index (χ3n) is 5.82. The third-order valence-corrected chi connectivity index (χ3v) is 6.91. The molecule has 2 aliphatic heterocycles. The quantitative estimate of drug-likeness (QED) is 0.710. The van der Waals surface area contributed by atoms with Crippen molar-refractivity contribution in [1.29, 1.82) is 0 Å². The number of aromatic nitrogens is 4. The average Bonchev–Trinajstić information content (AvgIpc) is 3.36. The van der Waals surface area contributed by atoms with E-state index in [1.54, 1.807) is 11.8 Å². The number of nitrogens with two attached hydrogens (primary N) is 1. The van der Waals surface area contributed by atoms with Crippen LogP contribution < -0.4 is 10.6 Å². The van der Waals surface area contributed by atoms with Crippen molar-refractivity contribution in [2.75, 3.05) is 24.5 Å². The summed E-state index contributed by atoms with van der Waals surface area (Å²) in [5.74, 6) is 0.955. The summed E-state index contributed by atoms with van der Waals surface area (Å²) in [6.45, 7) is 5.57. The second-order valence-electron chi connectivity index (χ2n) is 7.80. The van der Waals surface area contributed by atoms with E-state index >= 15 is 0 Å². The van der Waals surface area contributed by atoms with E-state index in [1.807, 2.05) is 30.7 Å². The monoisotopic (exact) mass is 393 g/mol. The fourth-order valence-corrected chi connectivity index (χ4v) is 4.78. The Morgan fingerprint density at radius 3 is 2.93 bits per heavy atom. The molecule has 1 saturated heterocycles. The molecule has 1 fully saturated rings. The topological polar surface area (TPSA) is 96.1 Å². The van der Waals surface area contributed by atoms with Gasteiger partial charge < -0.3 is 15.6 Å². The third kappa shape index (κ3) is 3.06. The van der Waals surface area contributed by atoms with Gasteiger partial charge in [-0.25, -0.2) is 15.0 Å². The number of hydrogen-bond acceptors (Lipinski definition) is 7. The van der Waals surface area contributed by atoms with E-state index in [0.29, 0.717) is 6.54 Å². The van der Waals surface area contributed by atoms with E-state index in [2.05, 4.69) is 21.8 Å². The lowest BCUT2D eigenvalue weighted by atomic mass is 9.80. The number of thioether (sulfide) groups is 1. The molecule has 7 nitrogen and oxygen atoms in total. The first kappa shape index (κ1) is 17.6. The minimum absolute atomic E-state index is 0.252. The SMILES string of the molecule is CC1(CN)CCN(c2cnc3c(n2)CN=C3Sc2ccnc3[nH]ccc23)CC1. The number of anilines is 1. The van der Waals surface area contributed by atoms with E-state index in [-0.39, 0.29) is 5.41 Å². The fraction of sp³-hybridized carbons (Fsp3) is 0.400. The van der Waals surface area contributed by atoms with Crippen LogP contribution in [-0.2, 0) is 6.54 Å². The van der Waals surface area contributed by atoms with Gasteiger partial charge in [0.1, 0.15) is 22.2 Å². The predicted molar refractivity (Wildman–Crippen MR) is 113 cm³/mol. The molecule has 0 saturated carbocycles. The molecule has 3 N–H and O–H groups in total. The number of pyridine rings is 1. The number of aromatic amines is 1. The van der Waals surface area contributed by atoms with Gasteiger partial charge in [-0.15, -0.1) is 0 Å². The second-order valence-corrected chi connectivity index (χ2v) is 8.83. The molecule has 3 aromatic heterocycles. The highest BCUT2D eigenvalue weighted by Crippen LogP contribution is 2.34. The van der Waals surface area contributed by atoms with Gasteiger partial charge in [0.15, 0.2) is 0 Å². The highest BCUT2D eigenvalue weighted by Gasteiger charge is 2.30. The summed E-state index contributed by atoms with van der Waals surface area (Å²) in [6.07, 6.45) is 7.80. The van der Waals surface area contributed by atoms with Crippen LogP contribution in [0.15, 0.2) is 40.6 Å². The van der Waals surface area contributed by atoms with E-state index in [1.165, 1.54) is 0 Å². The summed E-state index contributed by atoms with van der Waals surface area (Å²) in [7, 11) is 0. The van der Waals surface area contributed by atoms with Crippen LogP contribution in [0.1, 0.15) is 31.2 Å². The van der Waals surface area contributed by atoms with E-state index in [9.17, 15) is 0 Å². The molecule has 5 heterocycles. The first-order valence-electron chi connectivity index (χ1n) is 9.61. The molecule has 0 amide bonds. The van der Waals surface area contributed by atoms with Crippen LogP contribution in [0.3, 0.4) is 0 Å². The van der Waals surface area contributed by atoms with Crippen molar-refractivity contribution in [3.63, 3.8) is 0 Å². The van der Waals surface area contributed by atoms with Crippen molar-refractivity contribution < 1.29 is 0 Å². The van der Waals surface area contributed by atoms with Crippen molar-refractivity contribution in [2.45, 2.75) is 31.2 Å². The van der Waals surface area contributed by atoms with Crippen molar-refractivity contribution in [3.8, 4) is 0 Å². The van der Waals surface area contributed by atoms with Gasteiger partial charge >= 0.3 is 0 Å². The molecule has 0 radical (unpaired) electrons. The Bertz CT molecular complexity index is 1050. The Balaban J connectivity index is 1.35. The molecule has 0 bridgehead atoms. The molecule has 8 heteroatoms. The zero-order valence-electron chi connectivity index (χ0n) is 15.9. The summed E-state index contributed by atoms with van der Waals surface area (Å²) < 4.78 is 0. The molecule has 0 atom stereocenters. The molecule has 2 aliphatic rings. The average molecular weight is 394 g/mol. The minimum atomic E-state index is 0.252. The fourth-order valence-electron chi connectivity index (χ4n) is 3.77. The Hall–Kier alpha value is -2.45. The molecule has 0 aliphatic carbocycles. The number of nitrogens with one attached hydrogen (secondary N) is 1. The van der Waals surface area contributed by atoms with E-state index < -0.39 is 0 Å². The molecular formula is C20H23N7S. The number of nitrogens with zero attached hydrogens (tertiary/aromatic N) is 5. The molecule has 28 heavy (non-hydrogen) atoms. The maximum absolute atomic E-state index is 5.93. The van der Waals surface area contributed by atoms with E-state index in [4.69, 9.17) is 20.7 Å². The van der Waals surface area contributed by atoms with Gasteiger partial charge in [-0.3, -0.25) is 4.99 Å². The highest BCUT2D eigenvalue weighted by atomic mass is 32.2. The molecule has 3 aromatic rings. The largest absolute Gasteiger partial charge is 0.355 e. The van der Waals surface area contributed by atoms with Gasteiger partial charge in [-0.1, -0.05) is 18.7 Å². The molecule has 0 aromatic carbocycles. The number of rotatable bonds is 3. The summed E-state index contributed by atoms with van der Waals surface area (Å²) in [5, 5.41) is 2.03. The Morgan fingerprint density at radius 2 is 2.11 bits per heavy atom. The predicted octanol–water partition coefficient (Wildman–Crippen LogP) is 2.97. The summed E-state index contributed by atoms with van der Waals surface area (Å²) >= 11 is 1.63. The summed E-state index contributed by atoms with van der Waals surface area (Å²) in [4.78, 5) is 25.3. The maximum atomic E-state index is 5.93. The van der Waals surface area contributed by atoms with Crippen LogP contribution in [0.25, 0.3) is 11.0 Å². The lowest BCUT2D eigenvalue weighted by Crippen LogP contribution is -2.42. The van der Waals surface area contributed by atoms with Crippen LogP contribution in [0.2, 0.25) is 0 Å². The van der Waals surface area contributed by atoms with Gasteiger partial charge in [0.05, 0.1) is 18.4 Å². The van der Waals surface area contributed by atoms with Crippen LogP contribution >= 0.6 is 11.8 Å². The Labute approximate surface area is 167 Å². The van der Waals surface area contributed by atoms with Crippen molar-refractivity contribution >= 4 is 33.7 Å². The maximum Gasteiger partial charge on any atom is 0.147 e. The number of H-pyrrole nitrogens is 1. The Kier molecular flexibility index (Phi) is 4.32. The lowest BCUT2D eigenvalue weighted by Gasteiger charge is -2.39. The van der Waals surface area contributed by atoms with Crippen LogP contribution in [0, 0.1) is 5.41 Å². The second kappa shape index (κ2) is 6.86. The molecule has 0 unspecified atom stereocenters. The normalized spacial score (nSPS) is 18.4. The number of aliphatic imine (C=N–C) groups is 1. The summed E-state index contributed by atoms with van der Waals surface area (Å²) in [6, 6.07) is 4.06. The first-order valence-corrected chi connectivity index (χ1v) is 10.4. The molecular weight excluding hydrogens is 370 g/mol. The van der Waals surface area contributed by atoms with Crippen molar-refractivity contribution in [2.24, 2.45) is 16.1 Å². The number of fused-ring (bicyclic) bond motifs is 2. The van der Waals surface area contributed by atoms with Gasteiger partial charge in [0.25, 0.3) is 0 Å². The molecule has 5 rings (SSSR count). The van der Waals surface area contributed by atoms with Gasteiger partial charge in [-0.2, -0.15) is 0 Å². The first-order chi connectivity index (χ1) is 13.6. The standard InChI is InChI=1S/C20H23N7S/c1-20(12-21)4-8-27(9-5-20)16-11-24-17-14(26-16)10-25-19(17)28-15-3-7-23-18-13(15)2-6-22-18/h2-3,6-7,11H,4-5,8-10,12,21H2,1H3,(H,22,23). The van der Waals surface area contributed by atoms with Crippen LogP contribution in [-0.4, -0.2) is 44.6 Å². The van der Waals surface area contributed by atoms with Crippen molar-refractivity contribution in [3.05, 3.63) is 42.1 Å². The van der Waals surface area contributed by atoms with Gasteiger partial charge in [-0.05, 0) is 36.9 Å². The minimum Gasteiger partial charge on any atom is -0.355 e. The summed E-state index contributed by atoms with van der Waals surface area (Å²) in [5.41, 5.74) is 8.94.